The zero-order valence-electron chi connectivity index (χ0n) is 8.32. The molecule has 0 aromatic heterocycles. The number of nitrogens with zero attached hydrogens (tertiary/aromatic N) is 2. The summed E-state index contributed by atoms with van der Waals surface area (Å²) in [6, 6.07) is -0.0558. The van der Waals surface area contributed by atoms with Gasteiger partial charge in [0.1, 0.15) is 5.54 Å². The molecule has 0 aromatic rings. The predicted octanol–water partition coefficient (Wildman–Crippen LogP) is 0.823. The first-order valence-corrected chi connectivity index (χ1v) is 5.35. The molecular formula is C10H14N2O2. The van der Waals surface area contributed by atoms with Gasteiger partial charge in [-0.05, 0) is 32.1 Å². The molecule has 3 fully saturated rings. The molecule has 0 N–H and O–H groups in total. The van der Waals surface area contributed by atoms with Gasteiger partial charge in [-0.2, -0.15) is 0 Å². The normalized spacial score (nSPS) is 39.9. The van der Waals surface area contributed by atoms with Gasteiger partial charge in [-0.25, -0.2) is 4.79 Å². The quantitative estimate of drug-likeness (QED) is 0.580. The third-order valence-electron chi connectivity index (χ3n) is 3.88. The van der Waals surface area contributed by atoms with Gasteiger partial charge >= 0.3 is 6.03 Å². The lowest BCUT2D eigenvalue weighted by Gasteiger charge is -2.26. The number of piperidine rings is 1. The van der Waals surface area contributed by atoms with Crippen molar-refractivity contribution in [2.45, 2.75) is 31.7 Å². The molecule has 4 nitrogen and oxygen atoms in total. The Morgan fingerprint density at radius 2 is 2.29 bits per heavy atom. The lowest BCUT2D eigenvalue weighted by atomic mass is 10.0. The maximum Gasteiger partial charge on any atom is 0.327 e. The second kappa shape index (κ2) is 2.30. The summed E-state index contributed by atoms with van der Waals surface area (Å²) in [7, 11) is 0. The molecule has 76 valence electrons. The van der Waals surface area contributed by atoms with Crippen molar-refractivity contribution in [3.8, 4) is 0 Å². The Labute approximate surface area is 82.8 Å². The van der Waals surface area contributed by atoms with Crippen molar-refractivity contribution in [1.29, 1.82) is 0 Å². The third-order valence-corrected chi connectivity index (χ3v) is 3.88. The summed E-state index contributed by atoms with van der Waals surface area (Å²) in [6.07, 6.45) is 3.09. The first-order valence-electron chi connectivity index (χ1n) is 5.35. The topological polar surface area (TPSA) is 40.6 Å². The smallest absolute Gasteiger partial charge is 0.309 e. The third kappa shape index (κ3) is 0.678. The van der Waals surface area contributed by atoms with E-state index in [9.17, 15) is 9.59 Å². The Balaban J connectivity index is 2.01. The van der Waals surface area contributed by atoms with Gasteiger partial charge < -0.3 is 4.90 Å². The largest absolute Gasteiger partial charge is 0.327 e. The van der Waals surface area contributed by atoms with Crippen LogP contribution in [0.3, 0.4) is 0 Å². The first kappa shape index (κ1) is 8.26. The lowest BCUT2D eigenvalue weighted by molar-refractivity contribution is -0.130. The van der Waals surface area contributed by atoms with E-state index in [0.29, 0.717) is 12.5 Å². The standard InChI is InChI=1S/C10H14N2O2/c1-2-11-8(13)10-6-7(10)4-3-5-12(10)9(11)14/h7H,2-6H2,1H3/t7-,10+/m1/s1. The van der Waals surface area contributed by atoms with Crippen LogP contribution in [0, 0.1) is 5.92 Å². The summed E-state index contributed by atoms with van der Waals surface area (Å²) in [5.74, 6) is 0.527. The maximum absolute atomic E-state index is 12.0. The second-order valence-electron chi connectivity index (χ2n) is 4.45. The van der Waals surface area contributed by atoms with Crippen molar-refractivity contribution in [2.24, 2.45) is 5.92 Å². The number of rotatable bonds is 1. The molecule has 2 heterocycles. The molecular weight excluding hydrogens is 180 g/mol. The van der Waals surface area contributed by atoms with E-state index in [0.717, 1.165) is 25.8 Å². The molecule has 0 aromatic carbocycles. The fraction of sp³-hybridized carbons (Fsp3) is 0.800. The number of hydrogen-bond donors (Lipinski definition) is 0. The van der Waals surface area contributed by atoms with Gasteiger partial charge in [-0.3, -0.25) is 9.69 Å². The SMILES string of the molecule is CCN1C(=O)N2CCC[C@@H]3C[C@@]32C1=O. The lowest BCUT2D eigenvalue weighted by Crippen LogP contribution is -2.42. The van der Waals surface area contributed by atoms with E-state index in [-0.39, 0.29) is 17.5 Å². The maximum atomic E-state index is 12.0. The summed E-state index contributed by atoms with van der Waals surface area (Å²) in [5, 5.41) is 0. The molecule has 2 aliphatic heterocycles. The Hall–Kier alpha value is -1.06. The van der Waals surface area contributed by atoms with Gasteiger partial charge in [0.25, 0.3) is 5.91 Å². The van der Waals surface area contributed by atoms with E-state index in [1.165, 1.54) is 4.90 Å². The number of urea groups is 1. The average Bonchev–Trinajstić information content (AvgIpc) is 2.88. The van der Waals surface area contributed by atoms with Crippen molar-refractivity contribution in [3.63, 3.8) is 0 Å². The van der Waals surface area contributed by atoms with Crippen molar-refractivity contribution in [2.75, 3.05) is 13.1 Å². The van der Waals surface area contributed by atoms with E-state index >= 15 is 0 Å². The highest BCUT2D eigenvalue weighted by Gasteiger charge is 2.71. The molecule has 1 spiro atoms. The summed E-state index contributed by atoms with van der Waals surface area (Å²) in [5.41, 5.74) is -0.370. The van der Waals surface area contributed by atoms with Crippen LogP contribution < -0.4 is 0 Å². The highest BCUT2D eigenvalue weighted by Crippen LogP contribution is 2.57. The fourth-order valence-corrected chi connectivity index (χ4v) is 3.07. The minimum absolute atomic E-state index is 0.0558. The highest BCUT2D eigenvalue weighted by atomic mass is 16.2. The summed E-state index contributed by atoms with van der Waals surface area (Å²) in [6.45, 7) is 3.16. The molecule has 1 aliphatic carbocycles. The van der Waals surface area contributed by atoms with Crippen LogP contribution in [0.2, 0.25) is 0 Å². The molecule has 0 bridgehead atoms. The first-order chi connectivity index (χ1) is 6.71. The molecule has 3 aliphatic rings. The number of hydrogen-bond acceptors (Lipinski definition) is 2. The van der Waals surface area contributed by atoms with Gasteiger partial charge in [0, 0.05) is 13.1 Å². The van der Waals surface area contributed by atoms with Gasteiger partial charge in [0.05, 0.1) is 0 Å². The van der Waals surface area contributed by atoms with E-state index in [2.05, 4.69) is 0 Å². The molecule has 4 heteroatoms. The fourth-order valence-electron chi connectivity index (χ4n) is 3.07. The summed E-state index contributed by atoms with van der Waals surface area (Å²) in [4.78, 5) is 27.1. The highest BCUT2D eigenvalue weighted by molar-refractivity contribution is 6.09. The number of amides is 3. The molecule has 0 radical (unpaired) electrons. The zero-order chi connectivity index (χ0) is 9.92. The Morgan fingerprint density at radius 1 is 1.50 bits per heavy atom. The molecule has 2 atom stereocenters. The van der Waals surface area contributed by atoms with Gasteiger partial charge in [-0.15, -0.1) is 0 Å². The summed E-state index contributed by atoms with van der Waals surface area (Å²) < 4.78 is 0. The Morgan fingerprint density at radius 3 is 2.93 bits per heavy atom. The van der Waals surface area contributed by atoms with Crippen molar-refractivity contribution in [3.05, 3.63) is 0 Å². The van der Waals surface area contributed by atoms with Gasteiger partial charge in [0.2, 0.25) is 0 Å². The van der Waals surface area contributed by atoms with Crippen LogP contribution in [-0.2, 0) is 4.79 Å². The second-order valence-corrected chi connectivity index (χ2v) is 4.45. The molecule has 3 amide bonds. The van der Waals surface area contributed by atoms with Crippen LogP contribution in [0.15, 0.2) is 0 Å². The van der Waals surface area contributed by atoms with Gasteiger partial charge in [0.15, 0.2) is 0 Å². The Kier molecular flexibility index (Phi) is 1.36. The van der Waals surface area contributed by atoms with Crippen LogP contribution in [0.1, 0.15) is 26.2 Å². The van der Waals surface area contributed by atoms with Crippen LogP contribution in [-0.4, -0.2) is 40.4 Å². The average molecular weight is 194 g/mol. The van der Waals surface area contributed by atoms with Crippen LogP contribution in [0.5, 0.6) is 0 Å². The monoisotopic (exact) mass is 194 g/mol. The molecule has 0 unspecified atom stereocenters. The molecule has 1 saturated carbocycles. The van der Waals surface area contributed by atoms with E-state index in [1.54, 1.807) is 0 Å². The number of carbonyl (C=O) groups excluding carboxylic acids is 2. The van der Waals surface area contributed by atoms with Crippen LogP contribution >= 0.6 is 0 Å². The zero-order valence-corrected chi connectivity index (χ0v) is 8.32. The van der Waals surface area contributed by atoms with E-state index < -0.39 is 0 Å². The summed E-state index contributed by atoms with van der Waals surface area (Å²) >= 11 is 0. The minimum Gasteiger partial charge on any atom is -0.309 e. The molecule has 14 heavy (non-hydrogen) atoms. The van der Waals surface area contributed by atoms with Crippen molar-refractivity contribution in [1.82, 2.24) is 9.80 Å². The minimum atomic E-state index is -0.370. The van der Waals surface area contributed by atoms with E-state index in [1.807, 2.05) is 11.8 Å². The van der Waals surface area contributed by atoms with Crippen LogP contribution in [0.4, 0.5) is 4.79 Å². The van der Waals surface area contributed by atoms with Crippen molar-refractivity contribution < 1.29 is 9.59 Å². The number of likely N-dealkylation sites (N-methyl/N-ethyl adjacent to an activating group) is 1. The van der Waals surface area contributed by atoms with E-state index in [4.69, 9.17) is 0 Å². The number of imide groups is 1. The predicted molar refractivity (Wildman–Crippen MR) is 49.6 cm³/mol. The molecule has 2 saturated heterocycles. The van der Waals surface area contributed by atoms with Gasteiger partial charge in [-0.1, -0.05) is 0 Å². The molecule has 3 rings (SSSR count). The van der Waals surface area contributed by atoms with Crippen LogP contribution in [0.25, 0.3) is 0 Å². The van der Waals surface area contributed by atoms with Crippen molar-refractivity contribution >= 4 is 11.9 Å². The number of carbonyl (C=O) groups is 2. The Bertz CT molecular complexity index is 328.